The molecule has 0 saturated carbocycles. The molecule has 5 nitrogen and oxygen atoms in total. The van der Waals surface area contributed by atoms with Gasteiger partial charge in [0.1, 0.15) is 16.6 Å². The summed E-state index contributed by atoms with van der Waals surface area (Å²) in [7, 11) is 0. The van der Waals surface area contributed by atoms with Crippen molar-refractivity contribution in [3.63, 3.8) is 0 Å². The van der Waals surface area contributed by atoms with Gasteiger partial charge in [-0.1, -0.05) is 19.1 Å². The molecule has 1 atom stereocenters. The van der Waals surface area contributed by atoms with E-state index >= 15 is 0 Å². The quantitative estimate of drug-likeness (QED) is 0.625. The zero-order chi connectivity index (χ0) is 20.5. The smallest absolute Gasteiger partial charge is 0.387 e. The minimum Gasteiger partial charge on any atom is -0.435 e. The second kappa shape index (κ2) is 7.76. The lowest BCUT2D eigenvalue weighted by atomic mass is 9.89. The summed E-state index contributed by atoms with van der Waals surface area (Å²) in [6.45, 7) is -0.698. The van der Waals surface area contributed by atoms with Gasteiger partial charge in [-0.2, -0.15) is 14.0 Å². The van der Waals surface area contributed by atoms with Crippen molar-refractivity contribution in [2.24, 2.45) is 5.92 Å². The number of H-pyrrole nitrogens is 1. The van der Waals surface area contributed by atoms with Crippen molar-refractivity contribution < 1.29 is 13.5 Å². The number of aromatic amines is 1. The van der Waals surface area contributed by atoms with Crippen LogP contribution < -0.4 is 10.3 Å². The zero-order valence-corrected chi connectivity index (χ0v) is 16.4. The van der Waals surface area contributed by atoms with E-state index in [1.807, 2.05) is 0 Å². The summed E-state index contributed by atoms with van der Waals surface area (Å²) < 4.78 is 28.8. The molecule has 0 spiro atoms. The van der Waals surface area contributed by atoms with Crippen LogP contribution in [0.25, 0.3) is 21.9 Å². The van der Waals surface area contributed by atoms with Crippen molar-refractivity contribution in [2.75, 3.05) is 0 Å². The van der Waals surface area contributed by atoms with Crippen LogP contribution >= 0.6 is 11.3 Å². The van der Waals surface area contributed by atoms with Crippen LogP contribution in [0.1, 0.15) is 35.2 Å². The van der Waals surface area contributed by atoms with Crippen LogP contribution in [0.3, 0.4) is 0 Å². The maximum atomic E-state index is 12.7. The first-order chi connectivity index (χ1) is 13.9. The fraction of sp³-hybridized carbons (Fsp3) is 0.286. The van der Waals surface area contributed by atoms with E-state index in [-0.39, 0.29) is 22.7 Å². The lowest BCUT2D eigenvalue weighted by molar-refractivity contribution is -0.0498. The molecular weight excluding hydrogens is 396 g/mol. The minimum absolute atomic E-state index is 0.0296. The van der Waals surface area contributed by atoms with E-state index in [4.69, 9.17) is 0 Å². The molecule has 0 aliphatic heterocycles. The van der Waals surface area contributed by atoms with Gasteiger partial charge in [0, 0.05) is 4.88 Å². The molecule has 8 heteroatoms. The number of benzene rings is 1. The number of fused-ring (bicyclic) bond motifs is 3. The molecule has 0 amide bonds. The number of hydrogen-bond donors (Lipinski definition) is 1. The molecule has 1 aromatic carbocycles. The summed E-state index contributed by atoms with van der Waals surface area (Å²) in [5.41, 5.74) is 1.64. The number of rotatable bonds is 4. The largest absolute Gasteiger partial charge is 0.435 e. The SMILES string of the molecule is C[C@@H]1CCc2c(sc3nc(/C(C#N)=C/c4ccc(OC(F)F)cc4)[nH]c(=O)c23)C1. The summed E-state index contributed by atoms with van der Waals surface area (Å²) in [6.07, 6.45) is 4.41. The molecule has 1 N–H and O–H groups in total. The molecule has 29 heavy (non-hydrogen) atoms. The Morgan fingerprint density at radius 3 is 2.86 bits per heavy atom. The Labute approximate surface area is 169 Å². The van der Waals surface area contributed by atoms with E-state index in [1.165, 1.54) is 28.3 Å². The summed E-state index contributed by atoms with van der Waals surface area (Å²) in [5.74, 6) is 0.812. The van der Waals surface area contributed by atoms with Crippen molar-refractivity contribution in [3.8, 4) is 11.8 Å². The highest BCUT2D eigenvalue weighted by atomic mass is 32.1. The van der Waals surface area contributed by atoms with E-state index in [0.717, 1.165) is 24.8 Å². The Balaban J connectivity index is 1.71. The Kier molecular flexibility index (Phi) is 5.16. The minimum atomic E-state index is -2.90. The molecule has 3 aromatic rings. The fourth-order valence-electron chi connectivity index (χ4n) is 3.54. The number of ether oxygens (including phenoxy) is 1. The van der Waals surface area contributed by atoms with Gasteiger partial charge < -0.3 is 9.72 Å². The van der Waals surface area contributed by atoms with Crippen LogP contribution in [-0.4, -0.2) is 16.6 Å². The standard InChI is InChI=1S/C21H17F2N3O2S/c1-11-2-7-15-16(8-11)29-20-17(15)19(27)25-18(26-20)13(10-24)9-12-3-5-14(6-4-12)28-21(22)23/h3-6,9,11,21H,2,7-8H2,1H3,(H,25,26,27)/b13-9+/t11-/m1/s1. The van der Waals surface area contributed by atoms with Gasteiger partial charge in [0.15, 0.2) is 5.82 Å². The second-order valence-electron chi connectivity index (χ2n) is 7.06. The monoisotopic (exact) mass is 413 g/mol. The third-order valence-electron chi connectivity index (χ3n) is 4.96. The molecule has 1 aliphatic carbocycles. The maximum Gasteiger partial charge on any atom is 0.387 e. The molecule has 2 heterocycles. The molecule has 0 bridgehead atoms. The van der Waals surface area contributed by atoms with Crippen molar-refractivity contribution in [3.05, 3.63) is 56.4 Å². The Bertz CT molecular complexity index is 1190. The molecule has 0 saturated heterocycles. The number of alkyl halides is 2. The van der Waals surface area contributed by atoms with Gasteiger partial charge in [-0.3, -0.25) is 4.79 Å². The number of aromatic nitrogens is 2. The summed E-state index contributed by atoms with van der Waals surface area (Å²) in [6, 6.07) is 7.94. The highest BCUT2D eigenvalue weighted by molar-refractivity contribution is 7.18. The summed E-state index contributed by atoms with van der Waals surface area (Å²) >= 11 is 1.52. The predicted molar refractivity (Wildman–Crippen MR) is 108 cm³/mol. The van der Waals surface area contributed by atoms with Gasteiger partial charge >= 0.3 is 6.61 Å². The van der Waals surface area contributed by atoms with Gasteiger partial charge in [-0.05, 0) is 54.5 Å². The maximum absolute atomic E-state index is 12.7. The van der Waals surface area contributed by atoms with Crippen molar-refractivity contribution in [2.45, 2.75) is 32.8 Å². The van der Waals surface area contributed by atoms with Crippen LogP contribution in [0.4, 0.5) is 8.78 Å². The number of hydrogen-bond acceptors (Lipinski definition) is 5. The third-order valence-corrected chi connectivity index (χ3v) is 6.11. The number of nitrogens with zero attached hydrogens (tertiary/aromatic N) is 2. The van der Waals surface area contributed by atoms with Crippen LogP contribution in [0.15, 0.2) is 29.1 Å². The number of nitrogens with one attached hydrogen (secondary N) is 1. The van der Waals surface area contributed by atoms with Gasteiger partial charge in [-0.15, -0.1) is 11.3 Å². The number of allylic oxidation sites excluding steroid dienone is 1. The van der Waals surface area contributed by atoms with Gasteiger partial charge in [-0.25, -0.2) is 4.98 Å². The molecule has 0 unspecified atom stereocenters. The highest BCUT2D eigenvalue weighted by Gasteiger charge is 2.23. The topological polar surface area (TPSA) is 78.8 Å². The van der Waals surface area contributed by atoms with E-state index in [1.54, 1.807) is 18.2 Å². The Morgan fingerprint density at radius 2 is 2.17 bits per heavy atom. The first-order valence-electron chi connectivity index (χ1n) is 9.16. The normalized spacial score (nSPS) is 16.7. The zero-order valence-electron chi connectivity index (χ0n) is 15.5. The number of thiophene rings is 1. The van der Waals surface area contributed by atoms with Crippen LogP contribution in [0.2, 0.25) is 0 Å². The van der Waals surface area contributed by atoms with Crippen LogP contribution in [0, 0.1) is 17.2 Å². The summed E-state index contributed by atoms with van der Waals surface area (Å²) in [4.78, 5) is 21.8. The Morgan fingerprint density at radius 1 is 1.41 bits per heavy atom. The highest BCUT2D eigenvalue weighted by Crippen LogP contribution is 2.36. The molecule has 1 aliphatic rings. The number of nitriles is 1. The van der Waals surface area contributed by atoms with Crippen molar-refractivity contribution >= 4 is 33.2 Å². The average molecular weight is 413 g/mol. The first-order valence-corrected chi connectivity index (χ1v) is 9.98. The molecule has 2 aromatic heterocycles. The van der Waals surface area contributed by atoms with E-state index in [9.17, 15) is 18.8 Å². The van der Waals surface area contributed by atoms with E-state index in [0.29, 0.717) is 21.7 Å². The molecule has 0 radical (unpaired) electrons. The second-order valence-corrected chi connectivity index (χ2v) is 8.15. The molecular formula is C21H17F2N3O2S. The lowest BCUT2D eigenvalue weighted by Crippen LogP contribution is -2.14. The molecule has 4 rings (SSSR count). The predicted octanol–water partition coefficient (Wildman–Crippen LogP) is 4.77. The summed E-state index contributed by atoms with van der Waals surface area (Å²) in [5, 5.41) is 10.2. The number of aryl methyl sites for hydroxylation is 1. The van der Waals surface area contributed by atoms with Gasteiger partial charge in [0.2, 0.25) is 0 Å². The lowest BCUT2D eigenvalue weighted by Gasteiger charge is -2.17. The van der Waals surface area contributed by atoms with Crippen LogP contribution in [-0.2, 0) is 12.8 Å². The molecule has 148 valence electrons. The first kappa shape index (κ1) is 19.3. The average Bonchev–Trinajstić information content (AvgIpc) is 3.04. The van der Waals surface area contributed by atoms with E-state index in [2.05, 4.69) is 27.7 Å². The van der Waals surface area contributed by atoms with Crippen molar-refractivity contribution in [1.82, 2.24) is 9.97 Å². The van der Waals surface area contributed by atoms with Crippen LogP contribution in [0.5, 0.6) is 5.75 Å². The number of halogens is 2. The Hall–Kier alpha value is -3.05. The van der Waals surface area contributed by atoms with E-state index < -0.39 is 6.61 Å². The molecule has 0 fully saturated rings. The van der Waals surface area contributed by atoms with Crippen molar-refractivity contribution in [1.29, 1.82) is 5.26 Å². The van der Waals surface area contributed by atoms with Gasteiger partial charge in [0.05, 0.1) is 11.0 Å². The van der Waals surface area contributed by atoms with Gasteiger partial charge in [0.25, 0.3) is 5.56 Å². The third kappa shape index (κ3) is 3.91. The fourth-order valence-corrected chi connectivity index (χ4v) is 4.93.